The predicted octanol–water partition coefficient (Wildman–Crippen LogP) is 4.63. The predicted molar refractivity (Wildman–Crippen MR) is 82.8 cm³/mol. The summed E-state index contributed by atoms with van der Waals surface area (Å²) in [6.07, 6.45) is 0. The highest BCUT2D eigenvalue weighted by Crippen LogP contribution is 2.30. The second-order valence-electron chi connectivity index (χ2n) is 4.81. The lowest BCUT2D eigenvalue weighted by atomic mass is 10.1. The molecule has 0 aliphatic carbocycles. The van der Waals surface area contributed by atoms with Crippen LogP contribution in [0.5, 0.6) is 11.5 Å². The fourth-order valence-corrected chi connectivity index (χ4v) is 2.55. The summed E-state index contributed by atoms with van der Waals surface area (Å²) in [4.78, 5) is 0. The standard InChI is InChI=1S/C16H18BrNO/c1-10-4-11(2)12(3)16(5-10)19-15-7-13(9-18)6-14(17)8-15/h4-8H,9,18H2,1-3H3. The van der Waals surface area contributed by atoms with Crippen molar-refractivity contribution in [2.75, 3.05) is 0 Å². The van der Waals surface area contributed by atoms with Gasteiger partial charge in [0, 0.05) is 11.0 Å². The smallest absolute Gasteiger partial charge is 0.130 e. The van der Waals surface area contributed by atoms with E-state index in [2.05, 4.69) is 48.8 Å². The quantitative estimate of drug-likeness (QED) is 0.895. The highest BCUT2D eigenvalue weighted by atomic mass is 79.9. The Bertz CT molecular complexity index is 608. The van der Waals surface area contributed by atoms with E-state index in [1.54, 1.807) is 0 Å². The molecular weight excluding hydrogens is 302 g/mol. The topological polar surface area (TPSA) is 35.2 Å². The Morgan fingerprint density at radius 2 is 1.79 bits per heavy atom. The van der Waals surface area contributed by atoms with Gasteiger partial charge in [-0.3, -0.25) is 0 Å². The van der Waals surface area contributed by atoms with Crippen LogP contribution in [-0.4, -0.2) is 0 Å². The van der Waals surface area contributed by atoms with Crippen LogP contribution in [0.4, 0.5) is 0 Å². The second-order valence-corrected chi connectivity index (χ2v) is 5.72. The number of rotatable bonds is 3. The number of aryl methyl sites for hydroxylation is 2. The maximum absolute atomic E-state index is 6.01. The van der Waals surface area contributed by atoms with Crippen LogP contribution in [0.15, 0.2) is 34.8 Å². The van der Waals surface area contributed by atoms with E-state index < -0.39 is 0 Å². The van der Waals surface area contributed by atoms with E-state index in [4.69, 9.17) is 10.5 Å². The van der Waals surface area contributed by atoms with Gasteiger partial charge in [0.05, 0.1) is 0 Å². The molecule has 19 heavy (non-hydrogen) atoms. The van der Waals surface area contributed by atoms with Gasteiger partial charge in [0.25, 0.3) is 0 Å². The zero-order valence-electron chi connectivity index (χ0n) is 11.5. The molecule has 2 aromatic rings. The minimum absolute atomic E-state index is 0.502. The third-order valence-electron chi connectivity index (χ3n) is 3.16. The van der Waals surface area contributed by atoms with Crippen LogP contribution >= 0.6 is 15.9 Å². The number of benzene rings is 2. The van der Waals surface area contributed by atoms with Gasteiger partial charge >= 0.3 is 0 Å². The van der Waals surface area contributed by atoms with Crippen molar-refractivity contribution in [1.82, 2.24) is 0 Å². The zero-order chi connectivity index (χ0) is 14.0. The number of hydrogen-bond acceptors (Lipinski definition) is 2. The molecule has 0 atom stereocenters. The molecule has 2 aromatic carbocycles. The van der Waals surface area contributed by atoms with Crippen LogP contribution in [0.2, 0.25) is 0 Å². The summed E-state index contributed by atoms with van der Waals surface area (Å²) >= 11 is 3.48. The van der Waals surface area contributed by atoms with Gasteiger partial charge in [-0.2, -0.15) is 0 Å². The van der Waals surface area contributed by atoms with E-state index in [0.29, 0.717) is 6.54 Å². The Hall–Kier alpha value is -1.32. The molecule has 0 saturated carbocycles. The fourth-order valence-electron chi connectivity index (χ4n) is 2.03. The van der Waals surface area contributed by atoms with Gasteiger partial charge in [-0.1, -0.05) is 22.0 Å². The molecule has 0 heterocycles. The second kappa shape index (κ2) is 5.76. The summed E-state index contributed by atoms with van der Waals surface area (Å²) in [6.45, 7) is 6.75. The van der Waals surface area contributed by atoms with Crippen LogP contribution < -0.4 is 10.5 Å². The molecular formula is C16H18BrNO. The third kappa shape index (κ3) is 3.37. The SMILES string of the molecule is Cc1cc(C)c(C)c(Oc2cc(Br)cc(CN)c2)c1. The highest BCUT2D eigenvalue weighted by Gasteiger charge is 2.07. The largest absolute Gasteiger partial charge is 0.457 e. The van der Waals surface area contributed by atoms with Crippen LogP contribution in [0.3, 0.4) is 0 Å². The Morgan fingerprint density at radius 3 is 2.47 bits per heavy atom. The average molecular weight is 320 g/mol. The van der Waals surface area contributed by atoms with Crippen LogP contribution in [-0.2, 0) is 6.54 Å². The van der Waals surface area contributed by atoms with Crippen LogP contribution in [0.1, 0.15) is 22.3 Å². The summed E-state index contributed by atoms with van der Waals surface area (Å²) in [6, 6.07) is 10.2. The van der Waals surface area contributed by atoms with Crippen LogP contribution in [0.25, 0.3) is 0 Å². The Labute approximate surface area is 122 Å². The van der Waals surface area contributed by atoms with Gasteiger partial charge in [0.15, 0.2) is 0 Å². The molecule has 0 saturated heterocycles. The molecule has 100 valence electrons. The van der Waals surface area contributed by atoms with Crippen molar-refractivity contribution in [2.24, 2.45) is 5.73 Å². The van der Waals surface area contributed by atoms with Gasteiger partial charge in [0.1, 0.15) is 11.5 Å². The molecule has 0 radical (unpaired) electrons. The van der Waals surface area contributed by atoms with Gasteiger partial charge in [-0.05, 0) is 67.3 Å². The summed E-state index contributed by atoms with van der Waals surface area (Å²) in [5.74, 6) is 1.71. The molecule has 3 heteroatoms. The molecule has 2 nitrogen and oxygen atoms in total. The van der Waals surface area contributed by atoms with Gasteiger partial charge in [0.2, 0.25) is 0 Å². The van der Waals surface area contributed by atoms with E-state index in [-0.39, 0.29) is 0 Å². The normalized spacial score (nSPS) is 10.6. The van der Waals surface area contributed by atoms with Crippen molar-refractivity contribution in [3.05, 3.63) is 57.1 Å². The third-order valence-corrected chi connectivity index (χ3v) is 3.62. The van der Waals surface area contributed by atoms with Crippen molar-refractivity contribution >= 4 is 15.9 Å². The first kappa shape index (κ1) is 14.1. The first-order valence-corrected chi connectivity index (χ1v) is 7.04. The minimum atomic E-state index is 0.502. The van der Waals surface area contributed by atoms with Crippen molar-refractivity contribution in [3.8, 4) is 11.5 Å². The maximum Gasteiger partial charge on any atom is 0.130 e. The van der Waals surface area contributed by atoms with E-state index in [0.717, 1.165) is 21.5 Å². The number of halogens is 1. The summed E-state index contributed by atoms with van der Waals surface area (Å²) in [7, 11) is 0. The van der Waals surface area contributed by atoms with E-state index in [1.807, 2.05) is 18.2 Å². The lowest BCUT2D eigenvalue weighted by molar-refractivity contribution is 0.477. The Kier molecular flexibility index (Phi) is 4.27. The van der Waals surface area contributed by atoms with Crippen molar-refractivity contribution < 1.29 is 4.74 Å². The number of nitrogens with two attached hydrogens (primary N) is 1. The van der Waals surface area contributed by atoms with Gasteiger partial charge in [-0.15, -0.1) is 0 Å². The molecule has 0 fully saturated rings. The molecule has 0 aliphatic heterocycles. The molecule has 0 aliphatic rings. The monoisotopic (exact) mass is 319 g/mol. The fraction of sp³-hybridized carbons (Fsp3) is 0.250. The van der Waals surface area contributed by atoms with E-state index >= 15 is 0 Å². The van der Waals surface area contributed by atoms with Gasteiger partial charge < -0.3 is 10.5 Å². The summed E-state index contributed by atoms with van der Waals surface area (Å²) in [5, 5.41) is 0. The number of ether oxygens (including phenoxy) is 1. The van der Waals surface area contributed by atoms with Gasteiger partial charge in [-0.25, -0.2) is 0 Å². The molecule has 0 aromatic heterocycles. The molecule has 2 rings (SSSR count). The zero-order valence-corrected chi connectivity index (χ0v) is 13.0. The lowest BCUT2D eigenvalue weighted by Gasteiger charge is -2.13. The van der Waals surface area contributed by atoms with Crippen molar-refractivity contribution in [1.29, 1.82) is 0 Å². The molecule has 0 spiro atoms. The molecule has 0 amide bonds. The summed E-state index contributed by atoms with van der Waals surface area (Å²) in [5.41, 5.74) is 10.3. The average Bonchev–Trinajstić information content (AvgIpc) is 2.34. The van der Waals surface area contributed by atoms with Crippen molar-refractivity contribution in [3.63, 3.8) is 0 Å². The van der Waals surface area contributed by atoms with E-state index in [9.17, 15) is 0 Å². The first-order chi connectivity index (χ1) is 8.99. The Balaban J connectivity index is 2.38. The summed E-state index contributed by atoms with van der Waals surface area (Å²) < 4.78 is 6.99. The maximum atomic E-state index is 6.01. The number of hydrogen-bond donors (Lipinski definition) is 1. The highest BCUT2D eigenvalue weighted by molar-refractivity contribution is 9.10. The van der Waals surface area contributed by atoms with Crippen LogP contribution in [0, 0.1) is 20.8 Å². The lowest BCUT2D eigenvalue weighted by Crippen LogP contribution is -1.97. The molecule has 0 bridgehead atoms. The van der Waals surface area contributed by atoms with E-state index in [1.165, 1.54) is 16.7 Å². The Morgan fingerprint density at radius 1 is 1.05 bits per heavy atom. The molecule has 0 unspecified atom stereocenters. The first-order valence-electron chi connectivity index (χ1n) is 6.25. The van der Waals surface area contributed by atoms with Crippen molar-refractivity contribution in [2.45, 2.75) is 27.3 Å². The molecule has 2 N–H and O–H groups in total. The minimum Gasteiger partial charge on any atom is -0.457 e.